The number of aromatic nitrogens is 4. The number of rotatable bonds is 6. The molecule has 0 atom stereocenters. The second-order valence-corrected chi connectivity index (χ2v) is 6.06. The number of anilines is 1. The molecular weight excluding hydrogens is 318 g/mol. The quantitative estimate of drug-likeness (QED) is 0.675. The number of H-pyrrole nitrogens is 1. The van der Waals surface area contributed by atoms with Gasteiger partial charge in [-0.25, -0.2) is 0 Å². The number of fused-ring (bicyclic) bond motifs is 1. The minimum Gasteiger partial charge on any atom is -0.310 e. The van der Waals surface area contributed by atoms with E-state index >= 15 is 0 Å². The van der Waals surface area contributed by atoms with Crippen molar-refractivity contribution in [3.63, 3.8) is 0 Å². The van der Waals surface area contributed by atoms with Crippen LogP contribution in [-0.2, 0) is 4.79 Å². The van der Waals surface area contributed by atoms with Gasteiger partial charge in [-0.3, -0.25) is 14.6 Å². The van der Waals surface area contributed by atoms with Crippen molar-refractivity contribution < 1.29 is 4.79 Å². The van der Waals surface area contributed by atoms with Gasteiger partial charge in [0, 0.05) is 18.1 Å². The summed E-state index contributed by atoms with van der Waals surface area (Å²) >= 11 is 0. The van der Waals surface area contributed by atoms with Crippen LogP contribution in [0.15, 0.2) is 35.1 Å². The fraction of sp³-hybridized carbons (Fsp3) is 0.333. The van der Waals surface area contributed by atoms with E-state index in [9.17, 15) is 9.59 Å². The molecular formula is C18H21N5O2. The second-order valence-electron chi connectivity index (χ2n) is 6.06. The lowest BCUT2D eigenvalue weighted by molar-refractivity contribution is -0.116. The maximum Gasteiger partial charge on any atom is 0.254 e. The van der Waals surface area contributed by atoms with E-state index in [0.29, 0.717) is 23.8 Å². The highest BCUT2D eigenvalue weighted by Gasteiger charge is 2.13. The van der Waals surface area contributed by atoms with E-state index in [1.165, 1.54) is 10.6 Å². The lowest BCUT2D eigenvalue weighted by Gasteiger charge is -2.05. The van der Waals surface area contributed by atoms with Gasteiger partial charge in [0.05, 0.1) is 0 Å². The van der Waals surface area contributed by atoms with Crippen molar-refractivity contribution in [3.8, 4) is 11.4 Å². The first-order valence-electron chi connectivity index (χ1n) is 8.44. The molecule has 0 fully saturated rings. The molecule has 0 saturated carbocycles. The molecule has 0 radical (unpaired) electrons. The zero-order valence-corrected chi connectivity index (χ0v) is 14.4. The third-order valence-corrected chi connectivity index (χ3v) is 3.89. The molecule has 0 aliphatic rings. The van der Waals surface area contributed by atoms with E-state index in [-0.39, 0.29) is 11.5 Å². The first-order valence-corrected chi connectivity index (χ1v) is 8.44. The smallest absolute Gasteiger partial charge is 0.254 e. The third kappa shape index (κ3) is 3.93. The topological polar surface area (TPSA) is 92.1 Å². The maximum absolute atomic E-state index is 12.1. The SMILES string of the molecule is CCCCCC(=O)Nc1cc(=O)[nH]c2nc(-c3cccc(C)c3)nn12. The van der Waals surface area contributed by atoms with E-state index < -0.39 is 0 Å². The fourth-order valence-corrected chi connectivity index (χ4v) is 2.63. The van der Waals surface area contributed by atoms with Gasteiger partial charge in [0.2, 0.25) is 11.7 Å². The number of hydrogen-bond donors (Lipinski definition) is 2. The Hall–Kier alpha value is -2.96. The van der Waals surface area contributed by atoms with Gasteiger partial charge in [0.1, 0.15) is 5.82 Å². The van der Waals surface area contributed by atoms with Crippen molar-refractivity contribution in [3.05, 3.63) is 46.2 Å². The Bertz CT molecular complexity index is 957. The molecule has 3 aromatic rings. The van der Waals surface area contributed by atoms with Crippen LogP contribution < -0.4 is 10.9 Å². The van der Waals surface area contributed by atoms with Crippen molar-refractivity contribution in [2.24, 2.45) is 0 Å². The van der Waals surface area contributed by atoms with Gasteiger partial charge in [-0.2, -0.15) is 9.50 Å². The summed E-state index contributed by atoms with van der Waals surface area (Å²) < 4.78 is 1.46. The number of carbonyl (C=O) groups is 1. The number of nitrogens with zero attached hydrogens (tertiary/aromatic N) is 3. The maximum atomic E-state index is 12.1. The lowest BCUT2D eigenvalue weighted by Crippen LogP contribution is -2.18. The molecule has 0 bridgehead atoms. The van der Waals surface area contributed by atoms with E-state index in [4.69, 9.17) is 0 Å². The van der Waals surface area contributed by atoms with Crippen LogP contribution in [0.1, 0.15) is 38.2 Å². The van der Waals surface area contributed by atoms with Crippen LogP contribution in [0.5, 0.6) is 0 Å². The number of benzene rings is 1. The Morgan fingerprint density at radius 1 is 1.28 bits per heavy atom. The van der Waals surface area contributed by atoms with Crippen molar-refractivity contribution in [2.75, 3.05) is 5.32 Å². The van der Waals surface area contributed by atoms with Gasteiger partial charge in [-0.15, -0.1) is 5.10 Å². The number of aryl methyl sites for hydroxylation is 1. The molecule has 7 nitrogen and oxygen atoms in total. The lowest BCUT2D eigenvalue weighted by atomic mass is 10.1. The number of unbranched alkanes of at least 4 members (excludes halogenated alkanes) is 2. The van der Waals surface area contributed by atoms with Crippen LogP contribution in [0.25, 0.3) is 17.2 Å². The van der Waals surface area contributed by atoms with E-state index in [1.54, 1.807) is 0 Å². The number of carbonyl (C=O) groups excluding carboxylic acids is 1. The molecule has 0 aliphatic heterocycles. The van der Waals surface area contributed by atoms with Gasteiger partial charge in [-0.05, 0) is 19.4 Å². The number of nitrogens with one attached hydrogen (secondary N) is 2. The largest absolute Gasteiger partial charge is 0.310 e. The zero-order valence-electron chi connectivity index (χ0n) is 14.4. The Morgan fingerprint density at radius 2 is 2.12 bits per heavy atom. The van der Waals surface area contributed by atoms with Gasteiger partial charge < -0.3 is 5.32 Å². The second kappa shape index (κ2) is 7.29. The highest BCUT2D eigenvalue weighted by Crippen LogP contribution is 2.18. The minimum atomic E-state index is -0.334. The van der Waals surface area contributed by atoms with Gasteiger partial charge in [0.25, 0.3) is 5.56 Å². The van der Waals surface area contributed by atoms with E-state index in [1.807, 2.05) is 31.2 Å². The summed E-state index contributed by atoms with van der Waals surface area (Å²) in [5.74, 6) is 0.986. The van der Waals surface area contributed by atoms with E-state index in [2.05, 4.69) is 27.3 Å². The van der Waals surface area contributed by atoms with Crippen LogP contribution in [0, 0.1) is 6.92 Å². The molecule has 0 unspecified atom stereocenters. The Kier molecular flexibility index (Phi) is 4.92. The highest BCUT2D eigenvalue weighted by atomic mass is 16.2. The van der Waals surface area contributed by atoms with Gasteiger partial charge >= 0.3 is 0 Å². The van der Waals surface area contributed by atoms with Crippen LogP contribution in [-0.4, -0.2) is 25.5 Å². The van der Waals surface area contributed by atoms with Crippen LogP contribution >= 0.6 is 0 Å². The summed E-state index contributed by atoms with van der Waals surface area (Å²) in [6.07, 6.45) is 3.28. The molecule has 25 heavy (non-hydrogen) atoms. The predicted molar refractivity (Wildman–Crippen MR) is 96.6 cm³/mol. The predicted octanol–water partition coefficient (Wildman–Crippen LogP) is 2.91. The standard InChI is InChI=1S/C18H21N5O2/c1-3-4-5-9-15(24)19-14-11-16(25)20-18-21-17(22-23(14)18)13-8-6-7-12(2)10-13/h6-8,10-11H,3-5,9H2,1-2H3,(H,19,24)(H,20,21,22,25). The Morgan fingerprint density at radius 3 is 2.88 bits per heavy atom. The molecule has 2 N–H and O–H groups in total. The number of aromatic amines is 1. The van der Waals surface area contributed by atoms with Crippen LogP contribution in [0.4, 0.5) is 5.82 Å². The minimum absolute atomic E-state index is 0.132. The van der Waals surface area contributed by atoms with Crippen molar-refractivity contribution in [2.45, 2.75) is 39.5 Å². The molecule has 1 amide bonds. The van der Waals surface area contributed by atoms with Crippen molar-refractivity contribution in [1.82, 2.24) is 19.6 Å². The average Bonchev–Trinajstić information content (AvgIpc) is 2.99. The summed E-state index contributed by atoms with van der Waals surface area (Å²) in [6, 6.07) is 9.11. The number of amides is 1. The van der Waals surface area contributed by atoms with Gasteiger partial charge in [0.15, 0.2) is 5.82 Å². The molecule has 0 aliphatic carbocycles. The fourth-order valence-electron chi connectivity index (χ4n) is 2.63. The van der Waals surface area contributed by atoms with Crippen molar-refractivity contribution in [1.29, 1.82) is 0 Å². The summed E-state index contributed by atoms with van der Waals surface area (Å²) in [7, 11) is 0. The summed E-state index contributed by atoms with van der Waals surface area (Å²) in [6.45, 7) is 4.07. The molecule has 7 heteroatoms. The Balaban J connectivity index is 1.93. The molecule has 130 valence electrons. The third-order valence-electron chi connectivity index (χ3n) is 3.89. The Labute approximate surface area is 145 Å². The molecule has 2 aromatic heterocycles. The normalized spacial score (nSPS) is 11.0. The van der Waals surface area contributed by atoms with E-state index in [0.717, 1.165) is 30.4 Å². The van der Waals surface area contributed by atoms with Crippen molar-refractivity contribution >= 4 is 17.5 Å². The van der Waals surface area contributed by atoms with Crippen LogP contribution in [0.3, 0.4) is 0 Å². The molecule has 0 spiro atoms. The highest BCUT2D eigenvalue weighted by molar-refractivity contribution is 5.90. The average molecular weight is 339 g/mol. The molecule has 2 heterocycles. The summed E-state index contributed by atoms with van der Waals surface area (Å²) in [5, 5.41) is 7.20. The van der Waals surface area contributed by atoms with Crippen LogP contribution in [0.2, 0.25) is 0 Å². The monoisotopic (exact) mass is 339 g/mol. The van der Waals surface area contributed by atoms with Gasteiger partial charge in [-0.1, -0.05) is 43.5 Å². The zero-order chi connectivity index (χ0) is 17.8. The molecule has 3 rings (SSSR count). The molecule has 1 aromatic carbocycles. The summed E-state index contributed by atoms with van der Waals surface area (Å²) in [5.41, 5.74) is 1.61. The molecule has 0 saturated heterocycles. The summed E-state index contributed by atoms with van der Waals surface area (Å²) in [4.78, 5) is 31.0. The first kappa shape index (κ1) is 16.9. The number of hydrogen-bond acceptors (Lipinski definition) is 4. The first-order chi connectivity index (χ1) is 12.1.